The van der Waals surface area contributed by atoms with Crippen molar-refractivity contribution in [2.24, 2.45) is 5.92 Å². The van der Waals surface area contributed by atoms with Gasteiger partial charge >= 0.3 is 0 Å². The van der Waals surface area contributed by atoms with Crippen LogP contribution in [0.1, 0.15) is 23.5 Å². The zero-order valence-electron chi connectivity index (χ0n) is 19.1. The number of aromatic hydroxyl groups is 1. The van der Waals surface area contributed by atoms with Gasteiger partial charge in [0.1, 0.15) is 0 Å². The lowest BCUT2D eigenvalue weighted by Crippen LogP contribution is -2.48. The first-order chi connectivity index (χ1) is 16.9. The molecular weight excluding hydrogens is 462 g/mol. The molecule has 5 nitrogen and oxygen atoms in total. The molecule has 1 heterocycles. The van der Waals surface area contributed by atoms with Crippen molar-refractivity contribution in [1.29, 1.82) is 0 Å². The minimum atomic E-state index is -1.30. The van der Waals surface area contributed by atoms with Crippen molar-refractivity contribution in [3.05, 3.63) is 113 Å². The molecule has 3 aromatic rings. The van der Waals surface area contributed by atoms with E-state index in [4.69, 9.17) is 16.3 Å². The van der Waals surface area contributed by atoms with E-state index >= 15 is 0 Å². The number of benzene rings is 3. The average molecular weight is 486 g/mol. The van der Waals surface area contributed by atoms with Gasteiger partial charge < -0.3 is 9.84 Å². The summed E-state index contributed by atoms with van der Waals surface area (Å²) in [7, 11) is 1.48. The van der Waals surface area contributed by atoms with Crippen molar-refractivity contribution in [2.75, 3.05) is 12.0 Å². The summed E-state index contributed by atoms with van der Waals surface area (Å²) in [5, 5.41) is 11.6. The molecule has 1 saturated heterocycles. The predicted molar refractivity (Wildman–Crippen MR) is 136 cm³/mol. The second-order valence-electron chi connectivity index (χ2n) is 8.72. The Morgan fingerprint density at radius 1 is 1.09 bits per heavy atom. The van der Waals surface area contributed by atoms with Crippen LogP contribution in [0, 0.1) is 5.92 Å². The number of methoxy groups -OCH3 is 1. The molecule has 35 heavy (non-hydrogen) atoms. The lowest BCUT2D eigenvalue weighted by molar-refractivity contribution is -0.123. The summed E-state index contributed by atoms with van der Waals surface area (Å²) < 4.78 is 5.37. The topological polar surface area (TPSA) is 66.8 Å². The number of para-hydroxylation sites is 1. The number of hydrogen-bond donors (Lipinski definition) is 1. The molecule has 5 rings (SSSR count). The number of phenolic OH excluding ortho intramolecular Hbond substituents is 1. The number of amides is 2. The molecule has 1 aliphatic carbocycles. The fourth-order valence-corrected chi connectivity index (χ4v) is 5.84. The number of hydrogen-bond acceptors (Lipinski definition) is 4. The van der Waals surface area contributed by atoms with Gasteiger partial charge in [-0.05, 0) is 41.8 Å². The summed E-state index contributed by atoms with van der Waals surface area (Å²) in [6, 6.07) is 21.3. The second kappa shape index (κ2) is 8.75. The number of imide groups is 1. The summed E-state index contributed by atoms with van der Waals surface area (Å²) in [6.07, 6.45) is 4.00. The van der Waals surface area contributed by atoms with Gasteiger partial charge in [0.2, 0.25) is 11.8 Å². The van der Waals surface area contributed by atoms with Gasteiger partial charge in [-0.2, -0.15) is 0 Å². The molecule has 3 aromatic carbocycles. The van der Waals surface area contributed by atoms with E-state index < -0.39 is 17.3 Å². The zero-order valence-corrected chi connectivity index (χ0v) is 19.9. The quantitative estimate of drug-likeness (QED) is 0.465. The zero-order chi connectivity index (χ0) is 24.7. The number of ether oxygens (including phenoxy) is 1. The molecule has 0 unspecified atom stereocenters. The van der Waals surface area contributed by atoms with E-state index in [9.17, 15) is 14.7 Å². The monoisotopic (exact) mass is 485 g/mol. The first-order valence-corrected chi connectivity index (χ1v) is 11.7. The molecular formula is C29H24ClNO4. The van der Waals surface area contributed by atoms with Crippen LogP contribution in [-0.4, -0.2) is 24.0 Å². The number of nitrogens with zero attached hydrogens (tertiary/aromatic N) is 1. The highest BCUT2D eigenvalue weighted by Crippen LogP contribution is 2.59. The van der Waals surface area contributed by atoms with Gasteiger partial charge in [-0.25, -0.2) is 4.90 Å². The number of phenols is 1. The van der Waals surface area contributed by atoms with Gasteiger partial charge in [-0.1, -0.05) is 78.9 Å². The summed E-state index contributed by atoms with van der Waals surface area (Å²) in [6.45, 7) is 4.00. The summed E-state index contributed by atoms with van der Waals surface area (Å²) >= 11 is 6.23. The Labute approximate surface area is 208 Å². The van der Waals surface area contributed by atoms with Crippen LogP contribution >= 0.6 is 11.6 Å². The number of carbonyl (C=O) groups is 2. The fraction of sp³-hybridized carbons (Fsp3) is 0.172. The van der Waals surface area contributed by atoms with Crippen molar-refractivity contribution in [1.82, 2.24) is 0 Å². The van der Waals surface area contributed by atoms with Gasteiger partial charge in [0.05, 0.1) is 24.1 Å². The lowest BCUT2D eigenvalue weighted by Gasteiger charge is -2.43. The highest BCUT2D eigenvalue weighted by Gasteiger charge is 2.66. The maximum atomic E-state index is 14.6. The van der Waals surface area contributed by atoms with Crippen LogP contribution in [0.2, 0.25) is 5.02 Å². The van der Waals surface area contributed by atoms with Crippen molar-refractivity contribution < 1.29 is 19.4 Å². The van der Waals surface area contributed by atoms with E-state index in [-0.39, 0.29) is 17.6 Å². The number of carbonyl (C=O) groups excluding carboxylic acids is 2. The van der Waals surface area contributed by atoms with Crippen LogP contribution in [0.3, 0.4) is 0 Å². The standard InChI is InChI=1S/C29H24ClNO4/c1-3-18-15-16-23-27(33)31(21-12-7-11-20(30)17-21)28(34)29(23,19-9-5-4-6-10-19)25(18)22-13-8-14-24(35-2)26(22)32/h3-15,17,23,25,32H,1,16H2,2H3/t23-,25+,29+/m0/s1. The summed E-state index contributed by atoms with van der Waals surface area (Å²) in [5.41, 5.74) is 1.09. The van der Waals surface area contributed by atoms with Gasteiger partial charge in [0, 0.05) is 16.5 Å². The van der Waals surface area contributed by atoms with Crippen LogP contribution in [0.25, 0.3) is 0 Å². The molecule has 1 N–H and O–H groups in total. The summed E-state index contributed by atoms with van der Waals surface area (Å²) in [5.74, 6) is -1.79. The second-order valence-corrected chi connectivity index (χ2v) is 9.16. The van der Waals surface area contributed by atoms with Crippen molar-refractivity contribution >= 4 is 29.1 Å². The Bertz CT molecular complexity index is 1370. The third-order valence-corrected chi connectivity index (χ3v) is 7.35. The molecule has 0 aromatic heterocycles. The molecule has 0 bridgehead atoms. The highest BCUT2D eigenvalue weighted by molar-refractivity contribution is 6.32. The van der Waals surface area contributed by atoms with E-state index in [1.807, 2.05) is 36.4 Å². The molecule has 0 spiro atoms. The minimum Gasteiger partial charge on any atom is -0.504 e. The third kappa shape index (κ3) is 3.30. The lowest BCUT2D eigenvalue weighted by atomic mass is 9.56. The maximum Gasteiger partial charge on any atom is 0.246 e. The predicted octanol–water partition coefficient (Wildman–Crippen LogP) is 5.78. The number of allylic oxidation sites excluding steroid dienone is 3. The molecule has 3 atom stereocenters. The molecule has 0 saturated carbocycles. The molecule has 1 aliphatic heterocycles. The Balaban J connectivity index is 1.83. The van der Waals surface area contributed by atoms with Gasteiger partial charge in [-0.3, -0.25) is 9.59 Å². The first-order valence-electron chi connectivity index (χ1n) is 11.3. The Kier molecular flexibility index (Phi) is 5.73. The number of rotatable bonds is 5. The van der Waals surface area contributed by atoms with Gasteiger partial charge in [0.25, 0.3) is 0 Å². The van der Waals surface area contributed by atoms with Crippen molar-refractivity contribution in [2.45, 2.75) is 17.8 Å². The van der Waals surface area contributed by atoms with Crippen LogP contribution < -0.4 is 9.64 Å². The maximum absolute atomic E-state index is 14.6. The third-order valence-electron chi connectivity index (χ3n) is 7.12. The van der Waals surface area contributed by atoms with Crippen LogP contribution in [0.15, 0.2) is 97.1 Å². The van der Waals surface area contributed by atoms with E-state index in [0.717, 1.165) is 5.57 Å². The Hall–Kier alpha value is -3.83. The van der Waals surface area contributed by atoms with Crippen LogP contribution in [0.5, 0.6) is 11.5 Å². The SMILES string of the molecule is C=CC1=CC[C@H]2C(=O)N(c3cccc(Cl)c3)C(=O)[C@@]2(c2ccccc2)[C@H]1c1cccc(OC)c1O. The average Bonchev–Trinajstić information content (AvgIpc) is 3.11. The largest absolute Gasteiger partial charge is 0.504 e. The van der Waals surface area contributed by atoms with E-state index in [0.29, 0.717) is 34.0 Å². The van der Waals surface area contributed by atoms with E-state index in [1.165, 1.54) is 12.0 Å². The molecule has 6 heteroatoms. The minimum absolute atomic E-state index is 0.0647. The molecule has 2 amide bonds. The van der Waals surface area contributed by atoms with Crippen molar-refractivity contribution in [3.8, 4) is 11.5 Å². The Morgan fingerprint density at radius 2 is 1.83 bits per heavy atom. The molecule has 176 valence electrons. The Morgan fingerprint density at radius 3 is 2.51 bits per heavy atom. The summed E-state index contributed by atoms with van der Waals surface area (Å²) in [4.78, 5) is 29.8. The molecule has 1 fully saturated rings. The van der Waals surface area contributed by atoms with Gasteiger partial charge in [-0.15, -0.1) is 0 Å². The first kappa shape index (κ1) is 22.9. The number of fused-ring (bicyclic) bond motifs is 1. The van der Waals surface area contributed by atoms with Crippen LogP contribution in [0.4, 0.5) is 5.69 Å². The molecule has 2 aliphatic rings. The number of anilines is 1. The van der Waals surface area contributed by atoms with E-state index in [1.54, 1.807) is 48.5 Å². The number of halogens is 1. The fourth-order valence-electron chi connectivity index (χ4n) is 5.66. The van der Waals surface area contributed by atoms with Crippen molar-refractivity contribution in [3.63, 3.8) is 0 Å². The normalized spacial score (nSPS) is 23.6. The molecule has 0 radical (unpaired) electrons. The van der Waals surface area contributed by atoms with Crippen LogP contribution in [-0.2, 0) is 15.0 Å². The van der Waals surface area contributed by atoms with Gasteiger partial charge in [0.15, 0.2) is 11.5 Å². The smallest absolute Gasteiger partial charge is 0.246 e. The van der Waals surface area contributed by atoms with E-state index in [2.05, 4.69) is 6.58 Å². The highest BCUT2D eigenvalue weighted by atomic mass is 35.5.